The molecule has 1 N–H and O–H groups in total. The molecule has 5 atom stereocenters. The summed E-state index contributed by atoms with van der Waals surface area (Å²) in [6.07, 6.45) is 1.93. The van der Waals surface area contributed by atoms with Gasteiger partial charge in [-0.2, -0.15) is 5.26 Å². The Morgan fingerprint density at radius 3 is 2.02 bits per heavy atom. The van der Waals surface area contributed by atoms with Gasteiger partial charge < -0.3 is 32.7 Å². The second-order valence-electron chi connectivity index (χ2n) is 16.4. The van der Waals surface area contributed by atoms with E-state index >= 15 is 0 Å². The van der Waals surface area contributed by atoms with Gasteiger partial charge in [-0.15, -0.1) is 0 Å². The fourth-order valence-corrected chi connectivity index (χ4v) is 10.6. The standard InChI is InChI=1S/C50H55N4O10P/c1-34(2)54(35(3)4)65(62-31-13-29-51)64-45-43-27-22-40(32-60-47(56)36-14-9-7-10-15-36)49(45,63-46(43)53-30-28-44(55)52-48(53)57)33-61-50(37-16-11-8-12-17-37,38-18-23-41(58-5)24-19-38)39-20-25-42(59-6)26-21-39/h7-12,14-26,28,30,34-35,43,45-46H,13,27,31-33H2,1-6H3,(H,52,55,57)/t43-,45+,46-,49+,65?/m1/s1. The molecule has 7 rings (SSSR count). The molecule has 340 valence electrons. The summed E-state index contributed by atoms with van der Waals surface area (Å²) in [6.45, 7) is 7.86. The number of nitrogens with zero attached hydrogens (tertiary/aromatic N) is 3. The maximum Gasteiger partial charge on any atom is 0.338 e. The molecule has 1 aromatic heterocycles. The summed E-state index contributed by atoms with van der Waals surface area (Å²) in [4.78, 5) is 42.2. The maximum absolute atomic E-state index is 13.7. The molecule has 14 nitrogen and oxygen atoms in total. The van der Waals surface area contributed by atoms with Gasteiger partial charge in [0.1, 0.15) is 41.6 Å². The third-order valence-corrected chi connectivity index (χ3v) is 13.9. The van der Waals surface area contributed by atoms with Crippen molar-refractivity contribution in [3.05, 3.63) is 176 Å². The summed E-state index contributed by atoms with van der Waals surface area (Å²) in [5.74, 6) is 0.193. The minimum atomic E-state index is -1.90. The lowest BCUT2D eigenvalue weighted by atomic mass is 9.76. The van der Waals surface area contributed by atoms with Crippen molar-refractivity contribution in [2.45, 2.75) is 76.2 Å². The zero-order valence-electron chi connectivity index (χ0n) is 37.4. The number of carbonyl (C=O) groups is 1. The van der Waals surface area contributed by atoms with Gasteiger partial charge in [-0.05, 0) is 92.8 Å². The van der Waals surface area contributed by atoms with E-state index in [0.717, 1.165) is 16.7 Å². The Morgan fingerprint density at radius 2 is 1.46 bits per heavy atom. The van der Waals surface area contributed by atoms with E-state index in [1.807, 2.05) is 119 Å². The van der Waals surface area contributed by atoms with Crippen LogP contribution in [0.4, 0.5) is 0 Å². The number of fused-ring (bicyclic) bond motifs is 2. The van der Waals surface area contributed by atoms with Crippen molar-refractivity contribution in [1.82, 2.24) is 14.2 Å². The largest absolute Gasteiger partial charge is 0.497 e. The number of ether oxygens (including phenoxy) is 5. The maximum atomic E-state index is 13.7. The molecule has 0 radical (unpaired) electrons. The van der Waals surface area contributed by atoms with Crippen molar-refractivity contribution in [2.24, 2.45) is 5.92 Å². The number of methoxy groups -OCH3 is 2. The molecule has 1 fully saturated rings. The van der Waals surface area contributed by atoms with Crippen LogP contribution in [-0.4, -0.2) is 78.0 Å². The van der Waals surface area contributed by atoms with Crippen LogP contribution in [-0.2, 0) is 28.9 Å². The first-order chi connectivity index (χ1) is 31.4. The number of hydrogen-bond acceptors (Lipinski definition) is 12. The lowest BCUT2D eigenvalue weighted by Crippen LogP contribution is -2.53. The van der Waals surface area contributed by atoms with E-state index in [9.17, 15) is 19.6 Å². The van der Waals surface area contributed by atoms with Gasteiger partial charge in [0.05, 0.1) is 45.5 Å². The van der Waals surface area contributed by atoms with Crippen LogP contribution in [0.5, 0.6) is 11.5 Å². The summed E-state index contributed by atoms with van der Waals surface area (Å²) < 4.78 is 49.6. The van der Waals surface area contributed by atoms with Crippen molar-refractivity contribution in [3.8, 4) is 17.6 Å². The highest BCUT2D eigenvalue weighted by Crippen LogP contribution is 2.59. The third kappa shape index (κ3) is 9.87. The number of rotatable bonds is 20. The number of allylic oxidation sites excluding steroid dienone is 1. The summed E-state index contributed by atoms with van der Waals surface area (Å²) >= 11 is 0. The van der Waals surface area contributed by atoms with Crippen molar-refractivity contribution >= 4 is 14.5 Å². The SMILES string of the molecule is COc1ccc(C(OC[C@]23O[C@@H](n4ccc(=O)[nH]c4=O)[C@H](CC=C2COC(=O)c2ccccc2)[C@@H]3OP(OCCC#N)N(C(C)C)C(C)C)(c2ccccc2)c2ccc(OC)cc2)cc1. The molecule has 4 aromatic carbocycles. The average Bonchev–Trinajstić information content (AvgIpc) is 3.52. The zero-order chi connectivity index (χ0) is 46.1. The highest BCUT2D eigenvalue weighted by Gasteiger charge is 2.63. The van der Waals surface area contributed by atoms with Crippen molar-refractivity contribution in [3.63, 3.8) is 0 Å². The van der Waals surface area contributed by atoms with Gasteiger partial charge in [-0.3, -0.25) is 14.3 Å². The molecule has 2 heterocycles. The van der Waals surface area contributed by atoms with Crippen molar-refractivity contribution < 1.29 is 37.5 Å². The Bertz CT molecular complexity index is 2500. The van der Waals surface area contributed by atoms with Crippen LogP contribution < -0.4 is 20.7 Å². The van der Waals surface area contributed by atoms with Gasteiger partial charge in [-0.1, -0.05) is 78.9 Å². The quantitative estimate of drug-likeness (QED) is 0.0262. The molecule has 5 aromatic rings. The van der Waals surface area contributed by atoms with Gasteiger partial charge in [-0.25, -0.2) is 14.3 Å². The van der Waals surface area contributed by atoms with Gasteiger partial charge in [0.25, 0.3) is 14.1 Å². The molecule has 2 aliphatic rings. The van der Waals surface area contributed by atoms with E-state index in [2.05, 4.69) is 15.7 Å². The second kappa shape index (κ2) is 20.9. The molecule has 0 spiro atoms. The predicted molar refractivity (Wildman–Crippen MR) is 245 cm³/mol. The van der Waals surface area contributed by atoms with E-state index in [1.165, 1.54) is 16.8 Å². The Morgan fingerprint density at radius 1 is 0.877 bits per heavy atom. The molecular weight excluding hydrogens is 848 g/mol. The lowest BCUT2D eigenvalue weighted by Gasteiger charge is -2.45. The normalized spacial score (nSPS) is 19.8. The number of esters is 1. The second-order valence-corrected chi connectivity index (χ2v) is 17.8. The number of nitrogens with one attached hydrogen (secondary N) is 1. The van der Waals surface area contributed by atoms with Crippen LogP contribution in [0.3, 0.4) is 0 Å². The summed E-state index contributed by atoms with van der Waals surface area (Å²) in [6, 6.07) is 37.2. The molecule has 2 bridgehead atoms. The fourth-order valence-electron chi connectivity index (χ4n) is 8.74. The molecular formula is C50H55N4O10P. The molecule has 65 heavy (non-hydrogen) atoms. The van der Waals surface area contributed by atoms with Crippen LogP contribution in [0.2, 0.25) is 0 Å². The molecule has 0 saturated carbocycles. The summed E-state index contributed by atoms with van der Waals surface area (Å²) in [7, 11) is 1.31. The predicted octanol–water partition coefficient (Wildman–Crippen LogP) is 8.29. The Kier molecular flexibility index (Phi) is 15.2. The Balaban J connectivity index is 1.44. The van der Waals surface area contributed by atoms with Crippen LogP contribution in [0.15, 0.2) is 143 Å². The first-order valence-corrected chi connectivity index (χ1v) is 22.7. The number of nitriles is 1. The molecule has 1 aliphatic carbocycles. The van der Waals surface area contributed by atoms with Crippen LogP contribution in [0, 0.1) is 17.2 Å². The van der Waals surface area contributed by atoms with E-state index in [1.54, 1.807) is 38.5 Å². The van der Waals surface area contributed by atoms with E-state index in [4.69, 9.17) is 32.7 Å². The first-order valence-electron chi connectivity index (χ1n) is 21.6. The number of hydrogen-bond donors (Lipinski definition) is 1. The van der Waals surface area contributed by atoms with E-state index < -0.39 is 55.2 Å². The number of aromatic nitrogens is 2. The molecule has 1 saturated heterocycles. The summed E-state index contributed by atoms with van der Waals surface area (Å²) in [5.41, 5.74) is -0.912. The third-order valence-electron chi connectivity index (χ3n) is 11.8. The van der Waals surface area contributed by atoms with Gasteiger partial charge in [0, 0.05) is 30.3 Å². The van der Waals surface area contributed by atoms with Gasteiger partial charge >= 0.3 is 11.7 Å². The molecule has 1 unspecified atom stereocenters. The van der Waals surface area contributed by atoms with Gasteiger partial charge in [0.15, 0.2) is 0 Å². The number of carbonyl (C=O) groups excluding carboxylic acids is 1. The minimum Gasteiger partial charge on any atom is -0.497 e. The van der Waals surface area contributed by atoms with Crippen LogP contribution >= 0.6 is 8.53 Å². The van der Waals surface area contributed by atoms with Crippen LogP contribution in [0.25, 0.3) is 0 Å². The summed E-state index contributed by atoms with van der Waals surface area (Å²) in [5, 5.41) is 9.57. The Labute approximate surface area is 380 Å². The highest BCUT2D eigenvalue weighted by molar-refractivity contribution is 7.44. The molecule has 1 aliphatic heterocycles. The minimum absolute atomic E-state index is 0.0483. The van der Waals surface area contributed by atoms with Crippen molar-refractivity contribution in [2.75, 3.05) is 34.0 Å². The van der Waals surface area contributed by atoms with Gasteiger partial charge in [0.2, 0.25) is 0 Å². The van der Waals surface area contributed by atoms with E-state index in [0.29, 0.717) is 29.1 Å². The van der Waals surface area contributed by atoms with Crippen molar-refractivity contribution in [1.29, 1.82) is 5.26 Å². The number of H-pyrrole nitrogens is 1. The average molecular weight is 903 g/mol. The van der Waals surface area contributed by atoms with Crippen LogP contribution in [0.1, 0.15) is 73.8 Å². The Hall–Kier alpha value is -5.91. The van der Waals surface area contributed by atoms with E-state index in [-0.39, 0.29) is 38.3 Å². The number of benzene rings is 4. The molecule has 15 heteroatoms. The lowest BCUT2D eigenvalue weighted by molar-refractivity contribution is -0.142. The smallest absolute Gasteiger partial charge is 0.338 e. The monoisotopic (exact) mass is 902 g/mol. The highest BCUT2D eigenvalue weighted by atomic mass is 31.2. The fraction of sp³-hybridized carbons (Fsp3) is 0.360. The first kappa shape index (κ1) is 47.1. The molecule has 0 amide bonds. The zero-order valence-corrected chi connectivity index (χ0v) is 38.3. The topological polar surface area (TPSA) is 164 Å². The number of aromatic amines is 1.